The SMILES string of the molecule is C=C(CC)CCNc1cc(C)c(NC(=O)CC(C)(C)C)c(C2CCCC2)c1. The average molecular weight is 371 g/mol. The number of anilines is 2. The van der Waals surface area contributed by atoms with Crippen LogP contribution in [0.1, 0.15) is 89.7 Å². The molecule has 2 rings (SSSR count). The van der Waals surface area contributed by atoms with Crippen LogP contribution in [-0.4, -0.2) is 12.5 Å². The summed E-state index contributed by atoms with van der Waals surface area (Å²) in [5.74, 6) is 0.672. The number of rotatable bonds is 8. The fraction of sp³-hybridized carbons (Fsp3) is 0.625. The van der Waals surface area contributed by atoms with E-state index in [0.29, 0.717) is 12.3 Å². The Hall–Kier alpha value is -1.77. The zero-order chi connectivity index (χ0) is 20.0. The van der Waals surface area contributed by atoms with Crippen LogP contribution in [0.4, 0.5) is 11.4 Å². The summed E-state index contributed by atoms with van der Waals surface area (Å²) < 4.78 is 0. The van der Waals surface area contributed by atoms with E-state index in [9.17, 15) is 4.79 Å². The highest BCUT2D eigenvalue weighted by atomic mass is 16.1. The Morgan fingerprint density at radius 1 is 1.22 bits per heavy atom. The van der Waals surface area contributed by atoms with E-state index in [4.69, 9.17) is 0 Å². The Labute approximate surface area is 166 Å². The van der Waals surface area contributed by atoms with Gasteiger partial charge in [0.15, 0.2) is 0 Å². The molecule has 0 atom stereocenters. The van der Waals surface area contributed by atoms with Crippen LogP contribution in [0.15, 0.2) is 24.3 Å². The highest BCUT2D eigenvalue weighted by Crippen LogP contribution is 2.40. The van der Waals surface area contributed by atoms with Gasteiger partial charge < -0.3 is 10.6 Å². The maximum atomic E-state index is 12.6. The Kier molecular flexibility index (Phi) is 7.52. The van der Waals surface area contributed by atoms with E-state index in [0.717, 1.165) is 36.3 Å². The lowest BCUT2D eigenvalue weighted by Crippen LogP contribution is -2.21. The third-order valence-corrected chi connectivity index (χ3v) is 5.42. The van der Waals surface area contributed by atoms with E-state index in [1.165, 1.54) is 36.8 Å². The van der Waals surface area contributed by atoms with Gasteiger partial charge in [0.05, 0.1) is 0 Å². The zero-order valence-electron chi connectivity index (χ0n) is 18.0. The van der Waals surface area contributed by atoms with Crippen molar-refractivity contribution in [2.24, 2.45) is 5.41 Å². The van der Waals surface area contributed by atoms with Crippen molar-refractivity contribution in [3.8, 4) is 0 Å². The quantitative estimate of drug-likeness (QED) is 0.494. The van der Waals surface area contributed by atoms with E-state index in [1.54, 1.807) is 0 Å². The van der Waals surface area contributed by atoms with E-state index in [-0.39, 0.29) is 11.3 Å². The van der Waals surface area contributed by atoms with Crippen LogP contribution in [0.5, 0.6) is 0 Å². The molecular formula is C24H38N2O. The second-order valence-electron chi connectivity index (χ2n) is 9.30. The number of nitrogens with one attached hydrogen (secondary N) is 2. The fourth-order valence-electron chi connectivity index (χ4n) is 3.87. The maximum Gasteiger partial charge on any atom is 0.224 e. The molecule has 0 bridgehead atoms. The molecular weight excluding hydrogens is 332 g/mol. The van der Waals surface area contributed by atoms with Crippen LogP contribution in [0.2, 0.25) is 0 Å². The summed E-state index contributed by atoms with van der Waals surface area (Å²) in [6.07, 6.45) is 7.58. The largest absolute Gasteiger partial charge is 0.385 e. The number of carbonyl (C=O) groups is 1. The zero-order valence-corrected chi connectivity index (χ0v) is 18.0. The fourth-order valence-corrected chi connectivity index (χ4v) is 3.87. The molecule has 150 valence electrons. The first kappa shape index (κ1) is 21.5. The molecule has 1 fully saturated rings. The number of hydrogen-bond donors (Lipinski definition) is 2. The molecule has 0 saturated heterocycles. The van der Waals surface area contributed by atoms with Crippen molar-refractivity contribution in [1.82, 2.24) is 0 Å². The summed E-state index contributed by atoms with van der Waals surface area (Å²) in [5.41, 5.74) is 5.94. The summed E-state index contributed by atoms with van der Waals surface area (Å²) in [5, 5.41) is 6.80. The van der Waals surface area contributed by atoms with E-state index >= 15 is 0 Å². The minimum atomic E-state index is -0.00528. The minimum absolute atomic E-state index is 0.00528. The van der Waals surface area contributed by atoms with Gasteiger partial charge in [0.1, 0.15) is 0 Å². The lowest BCUT2D eigenvalue weighted by Gasteiger charge is -2.23. The Bertz CT molecular complexity index is 664. The molecule has 0 aliphatic heterocycles. The first-order valence-corrected chi connectivity index (χ1v) is 10.5. The van der Waals surface area contributed by atoms with Gasteiger partial charge in [-0.1, -0.05) is 52.7 Å². The molecule has 27 heavy (non-hydrogen) atoms. The van der Waals surface area contributed by atoms with Crippen LogP contribution >= 0.6 is 0 Å². The number of benzene rings is 1. The Morgan fingerprint density at radius 2 is 1.89 bits per heavy atom. The summed E-state index contributed by atoms with van der Waals surface area (Å²) >= 11 is 0. The molecule has 0 radical (unpaired) electrons. The second kappa shape index (κ2) is 9.43. The van der Waals surface area contributed by atoms with Gasteiger partial charge in [-0.05, 0) is 67.2 Å². The predicted octanol–water partition coefficient (Wildman–Crippen LogP) is 6.80. The molecule has 0 unspecified atom stereocenters. The number of amides is 1. The van der Waals surface area contributed by atoms with Gasteiger partial charge in [-0.3, -0.25) is 4.79 Å². The van der Waals surface area contributed by atoms with E-state index in [1.807, 2.05) is 0 Å². The number of carbonyl (C=O) groups excluding carboxylic acids is 1. The monoisotopic (exact) mass is 370 g/mol. The number of aryl methyl sites for hydroxylation is 1. The van der Waals surface area contributed by atoms with Gasteiger partial charge in [-0.2, -0.15) is 0 Å². The predicted molar refractivity (Wildman–Crippen MR) is 118 cm³/mol. The van der Waals surface area contributed by atoms with Crippen molar-refractivity contribution in [3.63, 3.8) is 0 Å². The first-order valence-electron chi connectivity index (χ1n) is 10.5. The Morgan fingerprint density at radius 3 is 2.48 bits per heavy atom. The standard InChI is InChI=1S/C24H38N2O/c1-7-17(2)12-13-25-20-14-18(3)23(26-22(27)16-24(4,5)6)21(15-20)19-10-8-9-11-19/h14-15,19,25H,2,7-13,16H2,1,3-6H3,(H,26,27). The molecule has 0 heterocycles. The lowest BCUT2D eigenvalue weighted by molar-refractivity contribution is -0.117. The molecule has 0 aromatic heterocycles. The second-order valence-corrected chi connectivity index (χ2v) is 9.30. The van der Waals surface area contributed by atoms with Crippen molar-refractivity contribution < 1.29 is 4.79 Å². The van der Waals surface area contributed by atoms with Crippen LogP contribution < -0.4 is 10.6 Å². The molecule has 1 amide bonds. The Balaban J connectivity index is 2.21. The lowest BCUT2D eigenvalue weighted by atomic mass is 9.90. The smallest absolute Gasteiger partial charge is 0.224 e. The molecule has 3 nitrogen and oxygen atoms in total. The van der Waals surface area contributed by atoms with Crippen LogP contribution in [0.25, 0.3) is 0 Å². The average Bonchev–Trinajstić information content (AvgIpc) is 3.09. The van der Waals surface area contributed by atoms with Crippen LogP contribution in [-0.2, 0) is 4.79 Å². The molecule has 0 spiro atoms. The van der Waals surface area contributed by atoms with Crippen molar-refractivity contribution in [2.75, 3.05) is 17.2 Å². The van der Waals surface area contributed by atoms with Gasteiger partial charge in [-0.15, -0.1) is 0 Å². The molecule has 1 aliphatic carbocycles. The molecule has 1 aromatic rings. The van der Waals surface area contributed by atoms with Crippen molar-refractivity contribution in [3.05, 3.63) is 35.4 Å². The van der Waals surface area contributed by atoms with Gasteiger partial charge in [0.2, 0.25) is 5.91 Å². The third-order valence-electron chi connectivity index (χ3n) is 5.42. The molecule has 2 N–H and O–H groups in total. The minimum Gasteiger partial charge on any atom is -0.385 e. The molecule has 1 aromatic carbocycles. The summed E-state index contributed by atoms with van der Waals surface area (Å²) in [6, 6.07) is 4.43. The molecule has 1 saturated carbocycles. The van der Waals surface area contributed by atoms with E-state index < -0.39 is 0 Å². The van der Waals surface area contributed by atoms with Gasteiger partial charge in [-0.25, -0.2) is 0 Å². The van der Waals surface area contributed by atoms with Gasteiger partial charge in [0.25, 0.3) is 0 Å². The highest BCUT2D eigenvalue weighted by Gasteiger charge is 2.24. The highest BCUT2D eigenvalue weighted by molar-refractivity contribution is 5.93. The summed E-state index contributed by atoms with van der Waals surface area (Å²) in [4.78, 5) is 12.6. The topological polar surface area (TPSA) is 41.1 Å². The van der Waals surface area contributed by atoms with Crippen molar-refractivity contribution >= 4 is 17.3 Å². The maximum absolute atomic E-state index is 12.6. The summed E-state index contributed by atoms with van der Waals surface area (Å²) in [6.45, 7) is 15.6. The normalized spacial score (nSPS) is 15.0. The van der Waals surface area contributed by atoms with Crippen LogP contribution in [0, 0.1) is 12.3 Å². The molecule has 3 heteroatoms. The van der Waals surface area contributed by atoms with Crippen molar-refractivity contribution in [1.29, 1.82) is 0 Å². The number of hydrogen-bond acceptors (Lipinski definition) is 2. The molecule has 1 aliphatic rings. The van der Waals surface area contributed by atoms with Gasteiger partial charge >= 0.3 is 0 Å². The third kappa shape index (κ3) is 6.71. The summed E-state index contributed by atoms with van der Waals surface area (Å²) in [7, 11) is 0. The van der Waals surface area contributed by atoms with Gasteiger partial charge in [0, 0.05) is 24.3 Å². The van der Waals surface area contributed by atoms with E-state index in [2.05, 4.69) is 64.0 Å². The van der Waals surface area contributed by atoms with Crippen molar-refractivity contribution in [2.45, 2.75) is 85.5 Å². The first-order chi connectivity index (χ1) is 12.7. The van der Waals surface area contributed by atoms with Crippen LogP contribution in [0.3, 0.4) is 0 Å².